The van der Waals surface area contributed by atoms with Crippen molar-refractivity contribution >= 4 is 27.4 Å². The molecule has 0 unspecified atom stereocenters. The van der Waals surface area contributed by atoms with Crippen molar-refractivity contribution in [1.82, 2.24) is 9.97 Å². The van der Waals surface area contributed by atoms with Crippen LogP contribution in [0.2, 0.25) is 5.15 Å². The van der Waals surface area contributed by atoms with Gasteiger partial charge in [0.2, 0.25) is 0 Å². The maximum absolute atomic E-state index is 12.2. The quantitative estimate of drug-likeness (QED) is 0.942. The van der Waals surface area contributed by atoms with E-state index >= 15 is 0 Å². The highest BCUT2D eigenvalue weighted by Crippen LogP contribution is 2.19. The second-order valence-corrected chi connectivity index (χ2v) is 6.63. The van der Waals surface area contributed by atoms with Crippen LogP contribution in [-0.2, 0) is 10.0 Å². The Labute approximate surface area is 123 Å². The van der Waals surface area contributed by atoms with Gasteiger partial charge >= 0.3 is 0 Å². The fourth-order valence-electron chi connectivity index (χ4n) is 1.62. The van der Waals surface area contributed by atoms with Gasteiger partial charge in [-0.1, -0.05) is 37.6 Å². The summed E-state index contributed by atoms with van der Waals surface area (Å²) in [6.07, 6.45) is 2.63. The molecule has 7 heteroatoms. The summed E-state index contributed by atoms with van der Waals surface area (Å²) in [4.78, 5) is 7.79. The SMILES string of the molecule is CC(C)c1ccc(S(=O)(=O)Nc2cncc(Cl)n2)cc1. The zero-order valence-electron chi connectivity index (χ0n) is 11.0. The van der Waals surface area contributed by atoms with Crippen LogP contribution in [0.25, 0.3) is 0 Å². The summed E-state index contributed by atoms with van der Waals surface area (Å²) in [5.74, 6) is 0.434. The van der Waals surface area contributed by atoms with Crippen molar-refractivity contribution in [3.63, 3.8) is 0 Å². The number of hydrogen-bond acceptors (Lipinski definition) is 4. The summed E-state index contributed by atoms with van der Waals surface area (Å²) in [5, 5.41) is 0.125. The van der Waals surface area contributed by atoms with E-state index in [9.17, 15) is 8.42 Å². The van der Waals surface area contributed by atoms with Crippen LogP contribution in [-0.4, -0.2) is 18.4 Å². The number of sulfonamides is 1. The third kappa shape index (κ3) is 3.46. The molecule has 1 N–H and O–H groups in total. The topological polar surface area (TPSA) is 72.0 Å². The zero-order chi connectivity index (χ0) is 14.8. The molecule has 0 saturated carbocycles. The molecule has 0 fully saturated rings. The first-order valence-electron chi connectivity index (χ1n) is 5.99. The molecule has 0 bridgehead atoms. The van der Waals surface area contributed by atoms with Gasteiger partial charge < -0.3 is 0 Å². The zero-order valence-corrected chi connectivity index (χ0v) is 12.6. The van der Waals surface area contributed by atoms with Gasteiger partial charge in [0.25, 0.3) is 10.0 Å². The van der Waals surface area contributed by atoms with Crippen molar-refractivity contribution < 1.29 is 8.42 Å². The Morgan fingerprint density at radius 2 is 1.80 bits per heavy atom. The van der Waals surface area contributed by atoms with Gasteiger partial charge in [-0.25, -0.2) is 13.4 Å². The van der Waals surface area contributed by atoms with Crippen molar-refractivity contribution in [2.24, 2.45) is 0 Å². The number of nitrogens with zero attached hydrogens (tertiary/aromatic N) is 2. The molecule has 2 aromatic rings. The van der Waals surface area contributed by atoms with Gasteiger partial charge in [-0.2, -0.15) is 0 Å². The van der Waals surface area contributed by atoms with Crippen LogP contribution in [0.3, 0.4) is 0 Å². The lowest BCUT2D eigenvalue weighted by Gasteiger charge is -2.09. The number of anilines is 1. The van der Waals surface area contributed by atoms with E-state index in [4.69, 9.17) is 11.6 Å². The summed E-state index contributed by atoms with van der Waals surface area (Å²) in [5.41, 5.74) is 1.08. The second kappa shape index (κ2) is 5.76. The lowest BCUT2D eigenvalue weighted by molar-refractivity contribution is 0.601. The molecule has 0 saturated heterocycles. The average Bonchev–Trinajstić information content (AvgIpc) is 2.38. The lowest BCUT2D eigenvalue weighted by Crippen LogP contribution is -2.14. The Morgan fingerprint density at radius 3 is 2.35 bits per heavy atom. The smallest absolute Gasteiger partial charge is 0.262 e. The van der Waals surface area contributed by atoms with Crippen molar-refractivity contribution in [3.05, 3.63) is 47.4 Å². The van der Waals surface area contributed by atoms with Gasteiger partial charge in [-0.15, -0.1) is 0 Å². The van der Waals surface area contributed by atoms with Crippen LogP contribution in [0.5, 0.6) is 0 Å². The normalized spacial score (nSPS) is 11.6. The third-order valence-corrected chi connectivity index (χ3v) is 4.25. The number of nitrogens with one attached hydrogen (secondary N) is 1. The minimum absolute atomic E-state index is 0.0884. The summed E-state index contributed by atoms with van der Waals surface area (Å²) >= 11 is 5.67. The lowest BCUT2D eigenvalue weighted by atomic mass is 10.0. The Morgan fingerprint density at radius 1 is 1.15 bits per heavy atom. The van der Waals surface area contributed by atoms with Crippen LogP contribution in [0.4, 0.5) is 5.82 Å². The van der Waals surface area contributed by atoms with E-state index in [0.29, 0.717) is 5.92 Å². The summed E-state index contributed by atoms with van der Waals surface area (Å²) in [7, 11) is -3.68. The molecule has 5 nitrogen and oxygen atoms in total. The van der Waals surface area contributed by atoms with Gasteiger partial charge in [-0.3, -0.25) is 9.71 Å². The molecule has 1 aromatic carbocycles. The maximum atomic E-state index is 12.2. The Balaban J connectivity index is 2.26. The van der Waals surface area contributed by atoms with Crippen molar-refractivity contribution in [2.45, 2.75) is 24.7 Å². The number of halogens is 1. The molecule has 1 heterocycles. The van der Waals surface area contributed by atoms with Crippen LogP contribution in [0.15, 0.2) is 41.6 Å². The standard InChI is InChI=1S/C13H14ClN3O2S/c1-9(2)10-3-5-11(6-4-10)20(18,19)17-13-8-15-7-12(14)16-13/h3-9H,1-2H3,(H,16,17). The van der Waals surface area contributed by atoms with E-state index in [2.05, 4.69) is 14.7 Å². The molecule has 0 spiro atoms. The molecule has 0 aliphatic carbocycles. The highest BCUT2D eigenvalue weighted by molar-refractivity contribution is 7.92. The highest BCUT2D eigenvalue weighted by Gasteiger charge is 2.15. The molecule has 2 rings (SSSR count). The molecule has 0 amide bonds. The van der Waals surface area contributed by atoms with Crippen molar-refractivity contribution in [1.29, 1.82) is 0 Å². The molecular weight excluding hydrogens is 298 g/mol. The molecular formula is C13H14ClN3O2S. The molecule has 20 heavy (non-hydrogen) atoms. The summed E-state index contributed by atoms with van der Waals surface area (Å²) in [6.45, 7) is 4.09. The van der Waals surface area contributed by atoms with Crippen LogP contribution >= 0.6 is 11.6 Å². The van der Waals surface area contributed by atoms with Crippen LogP contribution < -0.4 is 4.72 Å². The van der Waals surface area contributed by atoms with E-state index in [0.717, 1.165) is 5.56 Å². The van der Waals surface area contributed by atoms with Crippen LogP contribution in [0.1, 0.15) is 25.3 Å². The van der Waals surface area contributed by atoms with Gasteiger partial charge in [-0.05, 0) is 23.6 Å². The Kier molecular flexibility index (Phi) is 4.25. The fraction of sp³-hybridized carbons (Fsp3) is 0.231. The van der Waals surface area contributed by atoms with E-state index in [1.54, 1.807) is 24.3 Å². The average molecular weight is 312 g/mol. The Hall–Kier alpha value is -1.66. The van der Waals surface area contributed by atoms with Crippen molar-refractivity contribution in [3.8, 4) is 0 Å². The molecule has 0 radical (unpaired) electrons. The molecule has 106 valence electrons. The number of hydrogen-bond donors (Lipinski definition) is 1. The first-order chi connectivity index (χ1) is 9.38. The molecule has 1 aromatic heterocycles. The largest absolute Gasteiger partial charge is 0.263 e. The first kappa shape index (κ1) is 14.7. The van der Waals surface area contributed by atoms with Gasteiger partial charge in [0.1, 0.15) is 5.15 Å². The molecule has 0 aliphatic heterocycles. The number of rotatable bonds is 4. The van der Waals surface area contributed by atoms with Crippen molar-refractivity contribution in [2.75, 3.05) is 4.72 Å². The van der Waals surface area contributed by atoms with E-state index in [1.807, 2.05) is 13.8 Å². The summed E-state index contributed by atoms with van der Waals surface area (Å²) in [6, 6.07) is 6.72. The summed E-state index contributed by atoms with van der Waals surface area (Å²) < 4.78 is 26.7. The fourth-order valence-corrected chi connectivity index (χ4v) is 2.75. The van der Waals surface area contributed by atoms with E-state index < -0.39 is 10.0 Å². The molecule has 0 aliphatic rings. The predicted molar refractivity (Wildman–Crippen MR) is 78.4 cm³/mol. The van der Waals surface area contributed by atoms with E-state index in [1.165, 1.54) is 12.4 Å². The number of benzene rings is 1. The predicted octanol–water partition coefficient (Wildman–Crippen LogP) is 3.05. The third-order valence-electron chi connectivity index (χ3n) is 2.70. The second-order valence-electron chi connectivity index (χ2n) is 4.56. The first-order valence-corrected chi connectivity index (χ1v) is 7.85. The number of aromatic nitrogens is 2. The van der Waals surface area contributed by atoms with E-state index in [-0.39, 0.29) is 15.9 Å². The monoisotopic (exact) mass is 311 g/mol. The highest BCUT2D eigenvalue weighted by atomic mass is 35.5. The Bertz CT molecular complexity index is 700. The van der Waals surface area contributed by atoms with Crippen LogP contribution in [0, 0.1) is 0 Å². The minimum Gasteiger partial charge on any atom is -0.262 e. The van der Waals surface area contributed by atoms with Gasteiger partial charge in [0, 0.05) is 0 Å². The van der Waals surface area contributed by atoms with Gasteiger partial charge in [0.15, 0.2) is 5.82 Å². The minimum atomic E-state index is -3.68. The molecule has 0 atom stereocenters. The maximum Gasteiger partial charge on any atom is 0.263 e. The van der Waals surface area contributed by atoms with Gasteiger partial charge in [0.05, 0.1) is 17.3 Å².